The molecule has 0 bridgehead atoms. The maximum absolute atomic E-state index is 12.5. The number of carbonyl (C=O) groups excluding carboxylic acids is 1. The first-order valence-electron chi connectivity index (χ1n) is 11.6. The van der Waals surface area contributed by atoms with Gasteiger partial charge >= 0.3 is 0 Å². The van der Waals surface area contributed by atoms with Gasteiger partial charge in [0.1, 0.15) is 0 Å². The number of rotatable bonds is 7. The molecule has 0 saturated carbocycles. The first kappa shape index (κ1) is 21.7. The molecule has 3 heterocycles. The summed E-state index contributed by atoms with van der Waals surface area (Å²) in [6.07, 6.45) is 12.5. The van der Waals surface area contributed by atoms with Crippen LogP contribution in [0.15, 0.2) is 60.9 Å². The Morgan fingerprint density at radius 1 is 1.00 bits per heavy atom. The first-order valence-corrected chi connectivity index (χ1v) is 11.6. The fraction of sp³-hybridized carbons (Fsp3) is 0.462. The molecule has 164 valence electrons. The largest absolute Gasteiger partial charge is 0.352 e. The zero-order chi connectivity index (χ0) is 21.3. The van der Waals surface area contributed by atoms with Crippen molar-refractivity contribution < 1.29 is 4.79 Å². The van der Waals surface area contributed by atoms with E-state index >= 15 is 0 Å². The molecule has 0 radical (unpaired) electrons. The van der Waals surface area contributed by atoms with Gasteiger partial charge in [0.15, 0.2) is 0 Å². The number of aromatic nitrogens is 1. The molecule has 1 aromatic carbocycles. The molecule has 1 aromatic heterocycles. The quantitative estimate of drug-likeness (QED) is 0.747. The summed E-state index contributed by atoms with van der Waals surface area (Å²) in [6, 6.07) is 15.1. The van der Waals surface area contributed by atoms with E-state index in [1.807, 2.05) is 18.3 Å². The van der Waals surface area contributed by atoms with E-state index in [1.165, 1.54) is 18.4 Å². The molecule has 31 heavy (non-hydrogen) atoms. The topological polar surface area (TPSA) is 48.5 Å². The number of likely N-dealkylation sites (tertiary alicyclic amines) is 2. The molecule has 0 aliphatic carbocycles. The minimum Gasteiger partial charge on any atom is -0.352 e. The van der Waals surface area contributed by atoms with E-state index in [-0.39, 0.29) is 11.8 Å². The third-order valence-corrected chi connectivity index (χ3v) is 6.64. The third-order valence-electron chi connectivity index (χ3n) is 6.64. The fourth-order valence-electron chi connectivity index (χ4n) is 4.73. The summed E-state index contributed by atoms with van der Waals surface area (Å²) < 4.78 is 0. The number of nitrogens with one attached hydrogen (secondary N) is 1. The van der Waals surface area contributed by atoms with Crippen LogP contribution in [0, 0.1) is 5.92 Å². The lowest BCUT2D eigenvalue weighted by molar-refractivity contribution is -0.126. The van der Waals surface area contributed by atoms with Gasteiger partial charge in [-0.2, -0.15) is 0 Å². The second kappa shape index (κ2) is 11.2. The molecule has 2 aromatic rings. The van der Waals surface area contributed by atoms with Crippen LogP contribution in [0.4, 0.5) is 0 Å². The molecule has 0 spiro atoms. The van der Waals surface area contributed by atoms with Gasteiger partial charge in [-0.25, -0.2) is 0 Å². The monoisotopic (exact) mass is 418 g/mol. The van der Waals surface area contributed by atoms with Gasteiger partial charge in [-0.15, -0.1) is 0 Å². The molecule has 0 unspecified atom stereocenters. The summed E-state index contributed by atoms with van der Waals surface area (Å²) in [5, 5.41) is 3.09. The van der Waals surface area contributed by atoms with Crippen molar-refractivity contribution in [3.63, 3.8) is 0 Å². The van der Waals surface area contributed by atoms with E-state index in [9.17, 15) is 4.79 Å². The van der Waals surface area contributed by atoms with Crippen LogP contribution in [0.5, 0.6) is 0 Å². The highest BCUT2D eigenvalue weighted by atomic mass is 16.1. The Labute approximate surface area is 186 Å². The molecular weight excluding hydrogens is 384 g/mol. The number of hydrogen-bond donors (Lipinski definition) is 1. The van der Waals surface area contributed by atoms with Crippen LogP contribution < -0.4 is 5.32 Å². The van der Waals surface area contributed by atoms with Crippen molar-refractivity contribution in [3.8, 4) is 0 Å². The van der Waals surface area contributed by atoms with Crippen molar-refractivity contribution in [2.24, 2.45) is 5.92 Å². The fourth-order valence-corrected chi connectivity index (χ4v) is 4.73. The maximum atomic E-state index is 12.5. The van der Waals surface area contributed by atoms with Crippen molar-refractivity contribution in [2.45, 2.75) is 38.3 Å². The predicted octanol–water partition coefficient (Wildman–Crippen LogP) is 3.59. The van der Waals surface area contributed by atoms with Gasteiger partial charge in [-0.1, -0.05) is 48.6 Å². The molecule has 4 rings (SSSR count). The maximum Gasteiger partial charge on any atom is 0.223 e. The SMILES string of the molecule is O=C(NCc1cccnc1)C1CCN(C2CCN(CC=Cc3ccccc3)CC2)CC1. The van der Waals surface area contributed by atoms with E-state index in [4.69, 9.17) is 0 Å². The minimum absolute atomic E-state index is 0.149. The Balaban J connectivity index is 1.14. The summed E-state index contributed by atoms with van der Waals surface area (Å²) in [7, 11) is 0. The van der Waals surface area contributed by atoms with E-state index in [1.54, 1.807) is 6.20 Å². The molecule has 2 saturated heterocycles. The van der Waals surface area contributed by atoms with E-state index in [2.05, 4.69) is 62.6 Å². The van der Waals surface area contributed by atoms with Crippen LogP contribution >= 0.6 is 0 Å². The molecule has 5 heteroatoms. The standard InChI is InChI=1S/C26H34N4O/c31-26(28-21-23-8-4-14-27-20-23)24-10-18-30(19-11-24)25-12-16-29(17-13-25)15-5-9-22-6-2-1-3-7-22/h1-9,14,20,24-25H,10-13,15-19,21H2,(H,28,31). The Hall–Kier alpha value is -2.50. The summed E-state index contributed by atoms with van der Waals surface area (Å²) in [5.41, 5.74) is 2.32. The van der Waals surface area contributed by atoms with Gasteiger partial charge < -0.3 is 10.2 Å². The van der Waals surface area contributed by atoms with Crippen molar-refractivity contribution >= 4 is 12.0 Å². The molecule has 2 fully saturated rings. The minimum atomic E-state index is 0.149. The zero-order valence-electron chi connectivity index (χ0n) is 18.3. The van der Waals surface area contributed by atoms with Crippen molar-refractivity contribution in [3.05, 3.63) is 72.1 Å². The lowest BCUT2D eigenvalue weighted by Crippen LogP contribution is -2.49. The molecule has 0 atom stereocenters. The number of carbonyl (C=O) groups is 1. The lowest BCUT2D eigenvalue weighted by atomic mass is 9.92. The second-order valence-electron chi connectivity index (χ2n) is 8.73. The average molecular weight is 419 g/mol. The normalized spacial score (nSPS) is 19.6. The summed E-state index contributed by atoms with van der Waals surface area (Å²) in [5.74, 6) is 0.347. The Bertz CT molecular complexity index is 823. The van der Waals surface area contributed by atoms with Crippen LogP contribution in [-0.4, -0.2) is 59.5 Å². The van der Waals surface area contributed by atoms with Gasteiger partial charge in [-0.05, 0) is 69.1 Å². The van der Waals surface area contributed by atoms with Crippen molar-refractivity contribution in [1.82, 2.24) is 20.1 Å². The van der Waals surface area contributed by atoms with Crippen molar-refractivity contribution in [2.75, 3.05) is 32.7 Å². The summed E-state index contributed by atoms with van der Waals surface area (Å²) in [6.45, 7) is 6.02. The van der Waals surface area contributed by atoms with Gasteiger partial charge in [0.2, 0.25) is 5.91 Å². The number of hydrogen-bond acceptors (Lipinski definition) is 4. The van der Waals surface area contributed by atoms with Crippen LogP contribution in [0.25, 0.3) is 6.08 Å². The van der Waals surface area contributed by atoms with Gasteiger partial charge in [0.25, 0.3) is 0 Å². The molecule has 2 aliphatic heterocycles. The van der Waals surface area contributed by atoms with Crippen LogP contribution in [0.2, 0.25) is 0 Å². The number of piperidine rings is 2. The summed E-state index contributed by atoms with van der Waals surface area (Å²) in [4.78, 5) is 21.8. The van der Waals surface area contributed by atoms with Gasteiger partial charge in [0.05, 0.1) is 0 Å². The zero-order valence-corrected chi connectivity index (χ0v) is 18.3. The Morgan fingerprint density at radius 3 is 2.48 bits per heavy atom. The average Bonchev–Trinajstić information content (AvgIpc) is 2.84. The molecule has 1 N–H and O–H groups in total. The van der Waals surface area contributed by atoms with Crippen LogP contribution in [-0.2, 0) is 11.3 Å². The molecule has 1 amide bonds. The summed E-state index contributed by atoms with van der Waals surface area (Å²) >= 11 is 0. The Morgan fingerprint density at radius 2 is 1.77 bits per heavy atom. The third kappa shape index (κ3) is 6.49. The molecule has 5 nitrogen and oxygen atoms in total. The van der Waals surface area contributed by atoms with Crippen LogP contribution in [0.3, 0.4) is 0 Å². The van der Waals surface area contributed by atoms with E-state index in [0.717, 1.165) is 51.1 Å². The van der Waals surface area contributed by atoms with E-state index < -0.39 is 0 Å². The van der Waals surface area contributed by atoms with E-state index in [0.29, 0.717) is 12.6 Å². The van der Waals surface area contributed by atoms with Gasteiger partial charge in [0, 0.05) is 37.4 Å². The number of nitrogens with zero attached hydrogens (tertiary/aromatic N) is 3. The van der Waals surface area contributed by atoms with Crippen LogP contribution in [0.1, 0.15) is 36.8 Å². The highest BCUT2D eigenvalue weighted by Crippen LogP contribution is 2.24. The number of amides is 1. The smallest absolute Gasteiger partial charge is 0.223 e. The first-order chi connectivity index (χ1) is 15.3. The highest BCUT2D eigenvalue weighted by molar-refractivity contribution is 5.78. The molecular formula is C26H34N4O. The lowest BCUT2D eigenvalue weighted by Gasteiger charge is -2.41. The predicted molar refractivity (Wildman–Crippen MR) is 125 cm³/mol. The Kier molecular flexibility index (Phi) is 7.86. The van der Waals surface area contributed by atoms with Gasteiger partial charge in [-0.3, -0.25) is 14.7 Å². The van der Waals surface area contributed by atoms with Crippen molar-refractivity contribution in [1.29, 1.82) is 0 Å². The highest BCUT2D eigenvalue weighted by Gasteiger charge is 2.30. The number of pyridine rings is 1. The number of benzene rings is 1. The molecule has 2 aliphatic rings. The second-order valence-corrected chi connectivity index (χ2v) is 8.73.